The highest BCUT2D eigenvalue weighted by atomic mass is 32.2. The van der Waals surface area contributed by atoms with E-state index in [9.17, 15) is 4.79 Å². The lowest BCUT2D eigenvalue weighted by atomic mass is 10.1. The molecule has 0 aliphatic heterocycles. The van der Waals surface area contributed by atoms with Crippen LogP contribution in [-0.2, 0) is 9.53 Å². The molecule has 0 bridgehead atoms. The van der Waals surface area contributed by atoms with Crippen molar-refractivity contribution < 1.29 is 9.53 Å². The predicted octanol–water partition coefficient (Wildman–Crippen LogP) is 1.65. The Hall–Kier alpha value is -0.220. The second-order valence-electron chi connectivity index (χ2n) is 3.77. The molecule has 0 rings (SSSR count). The van der Waals surface area contributed by atoms with E-state index >= 15 is 0 Å². The van der Waals surface area contributed by atoms with Crippen LogP contribution in [0.3, 0.4) is 0 Å². The summed E-state index contributed by atoms with van der Waals surface area (Å²) in [4.78, 5) is 11.4. The zero-order chi connectivity index (χ0) is 11.1. The topological polar surface area (TPSA) is 52.3 Å². The first-order valence-electron chi connectivity index (χ1n) is 4.94. The summed E-state index contributed by atoms with van der Waals surface area (Å²) < 4.78 is 5.20. The average molecular weight is 219 g/mol. The molecule has 0 amide bonds. The summed E-state index contributed by atoms with van der Waals surface area (Å²) in [6.45, 7) is 5.93. The number of ether oxygens (including phenoxy) is 1. The molecule has 0 aromatic heterocycles. The Morgan fingerprint density at radius 3 is 2.43 bits per heavy atom. The van der Waals surface area contributed by atoms with Crippen LogP contribution in [0, 0.1) is 5.92 Å². The summed E-state index contributed by atoms with van der Waals surface area (Å²) in [6.07, 6.45) is 2.63. The largest absolute Gasteiger partial charge is 0.461 e. The maximum Gasteiger partial charge on any atom is 0.323 e. The first-order chi connectivity index (χ1) is 6.49. The SMILES string of the molecule is CSCC[C@@H](N)C(=O)OC(C)C(C)C. The smallest absolute Gasteiger partial charge is 0.323 e. The van der Waals surface area contributed by atoms with E-state index in [4.69, 9.17) is 10.5 Å². The zero-order valence-corrected chi connectivity index (χ0v) is 10.3. The molecule has 2 atom stereocenters. The fourth-order valence-corrected chi connectivity index (χ4v) is 1.26. The van der Waals surface area contributed by atoms with Crippen LogP contribution < -0.4 is 5.73 Å². The van der Waals surface area contributed by atoms with Gasteiger partial charge in [0.2, 0.25) is 0 Å². The first kappa shape index (κ1) is 13.8. The van der Waals surface area contributed by atoms with Gasteiger partial charge in [-0.3, -0.25) is 4.79 Å². The van der Waals surface area contributed by atoms with Crippen LogP contribution >= 0.6 is 11.8 Å². The Morgan fingerprint density at radius 1 is 1.43 bits per heavy atom. The standard InChI is InChI=1S/C10H21NO2S/c1-7(2)8(3)13-10(12)9(11)5-6-14-4/h7-9H,5-6,11H2,1-4H3/t8?,9-/m1/s1. The van der Waals surface area contributed by atoms with E-state index in [1.54, 1.807) is 11.8 Å². The zero-order valence-electron chi connectivity index (χ0n) is 9.45. The van der Waals surface area contributed by atoms with Gasteiger partial charge < -0.3 is 10.5 Å². The van der Waals surface area contributed by atoms with E-state index in [0.717, 1.165) is 5.75 Å². The third kappa shape index (κ3) is 5.50. The van der Waals surface area contributed by atoms with Crippen molar-refractivity contribution in [2.75, 3.05) is 12.0 Å². The molecule has 0 saturated heterocycles. The Balaban J connectivity index is 3.82. The van der Waals surface area contributed by atoms with E-state index in [2.05, 4.69) is 0 Å². The number of rotatable bonds is 6. The minimum atomic E-state index is -0.469. The lowest BCUT2D eigenvalue weighted by Crippen LogP contribution is -2.36. The molecule has 0 saturated carbocycles. The number of carbonyl (C=O) groups is 1. The highest BCUT2D eigenvalue weighted by Crippen LogP contribution is 2.08. The van der Waals surface area contributed by atoms with Gasteiger partial charge in [-0.2, -0.15) is 11.8 Å². The third-order valence-electron chi connectivity index (χ3n) is 2.18. The summed E-state index contributed by atoms with van der Waals surface area (Å²) in [5.41, 5.74) is 5.66. The Bertz CT molecular complexity index is 174. The molecule has 2 N–H and O–H groups in total. The van der Waals surface area contributed by atoms with Crippen LogP contribution in [0.4, 0.5) is 0 Å². The van der Waals surface area contributed by atoms with Gasteiger partial charge >= 0.3 is 5.97 Å². The molecule has 0 aliphatic carbocycles. The van der Waals surface area contributed by atoms with Gasteiger partial charge in [0.25, 0.3) is 0 Å². The molecule has 0 fully saturated rings. The van der Waals surface area contributed by atoms with Gasteiger partial charge in [-0.25, -0.2) is 0 Å². The molecule has 0 aliphatic rings. The molecule has 1 unspecified atom stereocenters. The normalized spacial score (nSPS) is 15.3. The molecule has 0 radical (unpaired) electrons. The van der Waals surface area contributed by atoms with E-state index < -0.39 is 6.04 Å². The minimum absolute atomic E-state index is 0.0529. The second kappa shape index (κ2) is 7.12. The highest BCUT2D eigenvalue weighted by Gasteiger charge is 2.18. The molecule has 14 heavy (non-hydrogen) atoms. The molecular formula is C10H21NO2S. The van der Waals surface area contributed by atoms with Crippen molar-refractivity contribution in [3.8, 4) is 0 Å². The van der Waals surface area contributed by atoms with E-state index in [1.165, 1.54) is 0 Å². The molecular weight excluding hydrogens is 198 g/mol. The maximum atomic E-state index is 11.4. The molecule has 0 aromatic carbocycles. The quantitative estimate of drug-likeness (QED) is 0.690. The Morgan fingerprint density at radius 2 is 2.00 bits per heavy atom. The van der Waals surface area contributed by atoms with Gasteiger partial charge in [-0.05, 0) is 31.3 Å². The van der Waals surface area contributed by atoms with E-state index in [0.29, 0.717) is 12.3 Å². The van der Waals surface area contributed by atoms with Crippen molar-refractivity contribution >= 4 is 17.7 Å². The van der Waals surface area contributed by atoms with Crippen LogP contribution in [-0.4, -0.2) is 30.1 Å². The molecule has 4 heteroatoms. The van der Waals surface area contributed by atoms with Crippen LogP contribution in [0.25, 0.3) is 0 Å². The van der Waals surface area contributed by atoms with Crippen molar-refractivity contribution in [1.82, 2.24) is 0 Å². The van der Waals surface area contributed by atoms with Crippen molar-refractivity contribution in [2.24, 2.45) is 11.7 Å². The highest BCUT2D eigenvalue weighted by molar-refractivity contribution is 7.98. The number of hydrogen-bond donors (Lipinski definition) is 1. The average Bonchev–Trinajstić information content (AvgIpc) is 2.13. The number of nitrogens with two attached hydrogens (primary N) is 1. The number of carbonyl (C=O) groups excluding carboxylic acids is 1. The lowest BCUT2D eigenvalue weighted by Gasteiger charge is -2.19. The maximum absolute atomic E-state index is 11.4. The van der Waals surface area contributed by atoms with Crippen LogP contribution in [0.1, 0.15) is 27.2 Å². The summed E-state index contributed by atoms with van der Waals surface area (Å²) in [5, 5.41) is 0. The van der Waals surface area contributed by atoms with Gasteiger partial charge in [-0.15, -0.1) is 0 Å². The monoisotopic (exact) mass is 219 g/mol. The summed E-state index contributed by atoms with van der Waals surface area (Å²) in [6, 6.07) is -0.469. The van der Waals surface area contributed by atoms with Crippen molar-refractivity contribution in [3.63, 3.8) is 0 Å². The molecule has 3 nitrogen and oxygen atoms in total. The Kier molecular flexibility index (Phi) is 7.01. The molecule has 0 aromatic rings. The number of thioether (sulfide) groups is 1. The van der Waals surface area contributed by atoms with Crippen LogP contribution in [0.2, 0.25) is 0 Å². The van der Waals surface area contributed by atoms with Crippen molar-refractivity contribution in [2.45, 2.75) is 39.3 Å². The van der Waals surface area contributed by atoms with Crippen molar-refractivity contribution in [1.29, 1.82) is 0 Å². The van der Waals surface area contributed by atoms with Crippen LogP contribution in [0.5, 0.6) is 0 Å². The molecule has 0 heterocycles. The summed E-state index contributed by atoms with van der Waals surface area (Å²) in [7, 11) is 0. The van der Waals surface area contributed by atoms with Crippen molar-refractivity contribution in [3.05, 3.63) is 0 Å². The van der Waals surface area contributed by atoms with Gasteiger partial charge in [0.15, 0.2) is 0 Å². The summed E-state index contributed by atoms with van der Waals surface area (Å²) >= 11 is 1.68. The van der Waals surface area contributed by atoms with Gasteiger partial charge in [0.05, 0.1) is 0 Å². The number of esters is 1. The Labute approximate surface area is 90.8 Å². The third-order valence-corrected chi connectivity index (χ3v) is 2.82. The molecule has 0 spiro atoms. The van der Waals surface area contributed by atoms with Crippen LogP contribution in [0.15, 0.2) is 0 Å². The van der Waals surface area contributed by atoms with E-state index in [1.807, 2.05) is 27.0 Å². The molecule has 84 valence electrons. The van der Waals surface area contributed by atoms with Gasteiger partial charge in [0, 0.05) is 0 Å². The fourth-order valence-electron chi connectivity index (χ4n) is 0.769. The van der Waals surface area contributed by atoms with E-state index in [-0.39, 0.29) is 12.1 Å². The summed E-state index contributed by atoms with van der Waals surface area (Å²) in [5.74, 6) is 0.957. The van der Waals surface area contributed by atoms with Gasteiger partial charge in [0.1, 0.15) is 12.1 Å². The van der Waals surface area contributed by atoms with Gasteiger partial charge in [-0.1, -0.05) is 13.8 Å². The predicted molar refractivity (Wildman–Crippen MR) is 61.4 cm³/mol. The lowest BCUT2D eigenvalue weighted by molar-refractivity contribution is -0.151. The fraction of sp³-hybridized carbons (Fsp3) is 0.900. The second-order valence-corrected chi connectivity index (χ2v) is 4.76. The number of hydrogen-bond acceptors (Lipinski definition) is 4. The minimum Gasteiger partial charge on any atom is -0.461 e. The first-order valence-corrected chi connectivity index (χ1v) is 6.33.